The number of nitrogens with one attached hydrogen (secondary N) is 1. The maximum Gasteiger partial charge on any atom is 0.0793 e. The molecule has 1 fully saturated rings. The fraction of sp³-hybridized carbons (Fsp3) is 0.438. The predicted molar refractivity (Wildman–Crippen MR) is 87.7 cm³/mol. The lowest BCUT2D eigenvalue weighted by Gasteiger charge is -2.30. The van der Waals surface area contributed by atoms with Crippen molar-refractivity contribution in [1.29, 1.82) is 0 Å². The number of hydrogen-bond donors (Lipinski definition) is 1. The third-order valence-electron chi connectivity index (χ3n) is 3.84. The van der Waals surface area contributed by atoms with Gasteiger partial charge in [0.2, 0.25) is 0 Å². The van der Waals surface area contributed by atoms with E-state index in [0.717, 1.165) is 36.9 Å². The molecule has 4 nitrogen and oxygen atoms in total. The van der Waals surface area contributed by atoms with Gasteiger partial charge in [-0.1, -0.05) is 31.5 Å². The topological polar surface area (TPSA) is 33.1 Å². The van der Waals surface area contributed by atoms with Crippen molar-refractivity contribution >= 4 is 17.3 Å². The third kappa shape index (κ3) is 2.92. The van der Waals surface area contributed by atoms with E-state index in [1.807, 2.05) is 35.1 Å². The van der Waals surface area contributed by atoms with Gasteiger partial charge in [-0.15, -0.1) is 0 Å². The maximum atomic E-state index is 6.12. The highest BCUT2D eigenvalue weighted by Crippen LogP contribution is 2.30. The second-order valence-corrected chi connectivity index (χ2v) is 6.13. The van der Waals surface area contributed by atoms with Gasteiger partial charge < -0.3 is 10.2 Å². The Kier molecular flexibility index (Phi) is 4.17. The van der Waals surface area contributed by atoms with Crippen LogP contribution in [-0.4, -0.2) is 36.0 Å². The van der Waals surface area contributed by atoms with Gasteiger partial charge in [0, 0.05) is 31.2 Å². The minimum atomic E-state index is 0.399. The number of nitrogens with zero attached hydrogens (tertiary/aromatic N) is 3. The molecule has 5 heteroatoms. The van der Waals surface area contributed by atoms with Crippen LogP contribution < -0.4 is 10.2 Å². The highest BCUT2D eigenvalue weighted by Gasteiger charge is 2.21. The van der Waals surface area contributed by atoms with Gasteiger partial charge in [-0.3, -0.25) is 0 Å². The van der Waals surface area contributed by atoms with Gasteiger partial charge in [-0.05, 0) is 24.1 Å². The molecule has 0 aliphatic carbocycles. The average molecular weight is 305 g/mol. The fourth-order valence-electron chi connectivity index (χ4n) is 2.85. The summed E-state index contributed by atoms with van der Waals surface area (Å²) in [5.74, 6) is 0.399. The third-order valence-corrected chi connectivity index (χ3v) is 4.08. The summed E-state index contributed by atoms with van der Waals surface area (Å²) in [4.78, 5) is 2.42. The highest BCUT2D eigenvalue weighted by atomic mass is 35.5. The summed E-state index contributed by atoms with van der Waals surface area (Å²) in [5.41, 5.74) is 3.51. The maximum absolute atomic E-state index is 6.12. The summed E-state index contributed by atoms with van der Waals surface area (Å²) < 4.78 is 2.02. The summed E-state index contributed by atoms with van der Waals surface area (Å²) in [6.07, 6.45) is 1.99. The van der Waals surface area contributed by atoms with Crippen LogP contribution in [0.15, 0.2) is 30.5 Å². The number of halogens is 1. The fourth-order valence-corrected chi connectivity index (χ4v) is 3.04. The van der Waals surface area contributed by atoms with Crippen LogP contribution in [0.4, 0.5) is 5.69 Å². The Morgan fingerprint density at radius 2 is 2.00 bits per heavy atom. The molecule has 0 bridgehead atoms. The number of piperazine rings is 1. The molecule has 0 amide bonds. The minimum absolute atomic E-state index is 0.399. The van der Waals surface area contributed by atoms with Crippen LogP contribution >= 0.6 is 11.6 Å². The van der Waals surface area contributed by atoms with Crippen LogP contribution in [0.25, 0.3) is 5.69 Å². The van der Waals surface area contributed by atoms with Crippen LogP contribution in [0.1, 0.15) is 25.5 Å². The van der Waals surface area contributed by atoms with Crippen molar-refractivity contribution < 1.29 is 0 Å². The second-order valence-electron chi connectivity index (χ2n) is 5.70. The molecule has 1 N–H and O–H groups in total. The van der Waals surface area contributed by atoms with Crippen molar-refractivity contribution in [3.8, 4) is 5.69 Å². The van der Waals surface area contributed by atoms with Crippen LogP contribution in [0.2, 0.25) is 5.02 Å². The lowest BCUT2D eigenvalue weighted by molar-refractivity contribution is 0.585. The van der Waals surface area contributed by atoms with E-state index in [4.69, 9.17) is 11.6 Å². The Morgan fingerprint density at radius 3 is 2.67 bits per heavy atom. The molecule has 0 atom stereocenters. The second kappa shape index (κ2) is 6.08. The molecule has 1 aromatic carbocycles. The molecule has 1 aliphatic heterocycles. The zero-order chi connectivity index (χ0) is 14.8. The van der Waals surface area contributed by atoms with E-state index in [1.165, 1.54) is 11.4 Å². The molecule has 1 saturated heterocycles. The van der Waals surface area contributed by atoms with Gasteiger partial charge in [0.25, 0.3) is 0 Å². The minimum Gasteiger partial charge on any atom is -0.366 e. The number of anilines is 1. The molecule has 0 radical (unpaired) electrons. The molecular weight excluding hydrogens is 284 g/mol. The van der Waals surface area contributed by atoms with Crippen molar-refractivity contribution in [3.63, 3.8) is 0 Å². The van der Waals surface area contributed by atoms with E-state index in [2.05, 4.69) is 29.2 Å². The molecule has 1 aromatic heterocycles. The van der Waals surface area contributed by atoms with E-state index in [1.54, 1.807) is 0 Å². The zero-order valence-electron chi connectivity index (χ0n) is 12.5. The number of hydrogen-bond acceptors (Lipinski definition) is 3. The molecule has 0 saturated carbocycles. The summed E-state index contributed by atoms with van der Waals surface area (Å²) in [5, 5.41) is 8.75. The lowest BCUT2D eigenvalue weighted by atomic mass is 10.1. The first-order valence-electron chi connectivity index (χ1n) is 7.46. The first-order valence-corrected chi connectivity index (χ1v) is 7.84. The van der Waals surface area contributed by atoms with E-state index in [9.17, 15) is 0 Å². The quantitative estimate of drug-likeness (QED) is 0.946. The highest BCUT2D eigenvalue weighted by molar-refractivity contribution is 6.30. The zero-order valence-corrected chi connectivity index (χ0v) is 13.3. The van der Waals surface area contributed by atoms with Gasteiger partial charge in [0.05, 0.1) is 23.3 Å². The Hall–Kier alpha value is -1.52. The number of rotatable bonds is 3. The molecule has 0 unspecified atom stereocenters. The van der Waals surface area contributed by atoms with E-state index in [0.29, 0.717) is 5.92 Å². The van der Waals surface area contributed by atoms with Crippen LogP contribution in [0.5, 0.6) is 0 Å². The van der Waals surface area contributed by atoms with Crippen molar-refractivity contribution in [2.24, 2.45) is 0 Å². The van der Waals surface area contributed by atoms with Gasteiger partial charge in [0.1, 0.15) is 0 Å². The Labute approximate surface area is 130 Å². The summed E-state index contributed by atoms with van der Waals surface area (Å²) in [7, 11) is 0. The SMILES string of the molecule is CC(C)c1c(N2CCNCC2)cnn1-c1cccc(Cl)c1. The van der Waals surface area contributed by atoms with E-state index >= 15 is 0 Å². The summed E-state index contributed by atoms with van der Waals surface area (Å²) >= 11 is 6.12. The molecule has 3 rings (SSSR count). The largest absolute Gasteiger partial charge is 0.366 e. The van der Waals surface area contributed by atoms with Crippen molar-refractivity contribution in [2.75, 3.05) is 31.1 Å². The lowest BCUT2D eigenvalue weighted by Crippen LogP contribution is -2.43. The van der Waals surface area contributed by atoms with Crippen LogP contribution in [0.3, 0.4) is 0 Å². The average Bonchev–Trinajstić information content (AvgIpc) is 2.93. The number of aromatic nitrogens is 2. The molecule has 21 heavy (non-hydrogen) atoms. The van der Waals surface area contributed by atoms with Gasteiger partial charge in [0.15, 0.2) is 0 Å². The van der Waals surface area contributed by atoms with Crippen LogP contribution in [-0.2, 0) is 0 Å². The summed E-state index contributed by atoms with van der Waals surface area (Å²) in [6, 6.07) is 7.86. The summed E-state index contributed by atoms with van der Waals surface area (Å²) in [6.45, 7) is 8.54. The molecule has 0 spiro atoms. The predicted octanol–water partition coefficient (Wildman–Crippen LogP) is 3.06. The monoisotopic (exact) mass is 304 g/mol. The Morgan fingerprint density at radius 1 is 1.24 bits per heavy atom. The smallest absolute Gasteiger partial charge is 0.0793 e. The molecule has 2 aromatic rings. The first kappa shape index (κ1) is 14.4. The van der Waals surface area contributed by atoms with Crippen LogP contribution in [0, 0.1) is 0 Å². The van der Waals surface area contributed by atoms with Gasteiger partial charge in [-0.2, -0.15) is 5.10 Å². The molecule has 112 valence electrons. The molecular formula is C16H21ClN4. The van der Waals surface area contributed by atoms with Gasteiger partial charge >= 0.3 is 0 Å². The Bertz CT molecular complexity index is 614. The van der Waals surface area contributed by atoms with Gasteiger partial charge in [-0.25, -0.2) is 4.68 Å². The number of benzene rings is 1. The molecule has 2 heterocycles. The van der Waals surface area contributed by atoms with Crippen molar-refractivity contribution in [1.82, 2.24) is 15.1 Å². The molecule has 1 aliphatic rings. The first-order chi connectivity index (χ1) is 10.2. The van der Waals surface area contributed by atoms with Crippen molar-refractivity contribution in [3.05, 3.63) is 41.2 Å². The van der Waals surface area contributed by atoms with Crippen molar-refractivity contribution in [2.45, 2.75) is 19.8 Å². The Balaban J connectivity index is 2.03. The van der Waals surface area contributed by atoms with E-state index in [-0.39, 0.29) is 0 Å². The van der Waals surface area contributed by atoms with E-state index < -0.39 is 0 Å². The normalized spacial score (nSPS) is 15.7. The standard InChI is InChI=1S/C16H21ClN4/c1-12(2)16-15(20-8-6-18-7-9-20)11-19-21(16)14-5-3-4-13(17)10-14/h3-5,10-12,18H,6-9H2,1-2H3.